The summed E-state index contributed by atoms with van der Waals surface area (Å²) in [5.74, 6) is -1.74. The molecular weight excluding hydrogens is 251 g/mol. The van der Waals surface area contributed by atoms with Crippen LogP contribution in [0.15, 0.2) is 11.9 Å². The molecule has 0 heterocycles. The average Bonchev–Trinajstić information content (AvgIpc) is 2.22. The largest absolute Gasteiger partial charge is 0.461 e. The molecule has 0 aliphatic carbocycles. The van der Waals surface area contributed by atoms with E-state index in [4.69, 9.17) is 4.43 Å². The molecule has 0 aromatic rings. The van der Waals surface area contributed by atoms with Gasteiger partial charge in [-0.05, 0) is 37.6 Å². The molecule has 0 saturated carbocycles. The van der Waals surface area contributed by atoms with Gasteiger partial charge in [0.1, 0.15) is 0 Å². The Morgan fingerprint density at radius 2 is 1.89 bits per heavy atom. The van der Waals surface area contributed by atoms with Crippen molar-refractivity contribution in [1.82, 2.24) is 0 Å². The third-order valence-electron chi connectivity index (χ3n) is 3.18. The first-order chi connectivity index (χ1) is 8.12. The van der Waals surface area contributed by atoms with E-state index in [0.29, 0.717) is 13.0 Å². The molecule has 0 aromatic carbocycles. The smallest absolute Gasteiger partial charge is 0.366 e. The van der Waals surface area contributed by atoms with Crippen LogP contribution in [0.25, 0.3) is 0 Å². The van der Waals surface area contributed by atoms with E-state index in [9.17, 15) is 9.18 Å². The lowest BCUT2D eigenvalue weighted by atomic mass is 10.2. The molecule has 0 bridgehead atoms. The summed E-state index contributed by atoms with van der Waals surface area (Å²) in [6.45, 7) is 13.0. The molecular formula is C13H25FO3Si. The van der Waals surface area contributed by atoms with Crippen molar-refractivity contribution >= 4 is 14.3 Å². The van der Waals surface area contributed by atoms with Crippen LogP contribution in [0, 0.1) is 0 Å². The van der Waals surface area contributed by atoms with E-state index in [1.807, 2.05) is 0 Å². The van der Waals surface area contributed by atoms with Gasteiger partial charge in [-0.25, -0.2) is 4.79 Å². The minimum Gasteiger partial charge on any atom is -0.461 e. The lowest BCUT2D eigenvalue weighted by Gasteiger charge is -2.36. The number of esters is 1. The van der Waals surface area contributed by atoms with Crippen molar-refractivity contribution in [3.8, 4) is 0 Å². The fourth-order valence-corrected chi connectivity index (χ4v) is 2.06. The van der Waals surface area contributed by atoms with Gasteiger partial charge in [0, 0.05) is 6.61 Å². The summed E-state index contributed by atoms with van der Waals surface area (Å²) in [6, 6.07) is 0. The zero-order chi connectivity index (χ0) is 14.4. The minimum atomic E-state index is -1.79. The molecule has 0 fully saturated rings. The summed E-state index contributed by atoms with van der Waals surface area (Å²) in [6.07, 6.45) is 1.61. The van der Waals surface area contributed by atoms with Crippen LogP contribution in [-0.4, -0.2) is 27.5 Å². The monoisotopic (exact) mass is 276 g/mol. The van der Waals surface area contributed by atoms with Crippen LogP contribution < -0.4 is 0 Å². The molecule has 106 valence electrons. The van der Waals surface area contributed by atoms with Crippen molar-refractivity contribution in [2.45, 2.75) is 52.2 Å². The first kappa shape index (κ1) is 17.3. The fraction of sp³-hybridized carbons (Fsp3) is 0.769. The maximum absolute atomic E-state index is 13.2. The quantitative estimate of drug-likeness (QED) is 0.320. The second kappa shape index (κ2) is 7.04. The summed E-state index contributed by atoms with van der Waals surface area (Å²) in [5, 5.41) is 0.135. The molecule has 0 N–H and O–H groups in total. The van der Waals surface area contributed by atoms with Gasteiger partial charge >= 0.3 is 5.97 Å². The maximum atomic E-state index is 13.2. The summed E-state index contributed by atoms with van der Waals surface area (Å²) < 4.78 is 23.6. The van der Waals surface area contributed by atoms with Crippen molar-refractivity contribution in [2.24, 2.45) is 0 Å². The number of carbonyl (C=O) groups is 1. The van der Waals surface area contributed by atoms with E-state index in [0.717, 1.165) is 0 Å². The first-order valence-corrected chi connectivity index (χ1v) is 9.19. The highest BCUT2D eigenvalue weighted by Gasteiger charge is 2.36. The van der Waals surface area contributed by atoms with Crippen LogP contribution in [0.3, 0.4) is 0 Å². The van der Waals surface area contributed by atoms with E-state index in [1.54, 1.807) is 6.92 Å². The van der Waals surface area contributed by atoms with Crippen LogP contribution in [0.1, 0.15) is 34.1 Å². The van der Waals surface area contributed by atoms with Gasteiger partial charge in [0.25, 0.3) is 0 Å². The van der Waals surface area contributed by atoms with Gasteiger partial charge in [-0.2, -0.15) is 4.39 Å². The second-order valence-electron chi connectivity index (χ2n) is 5.67. The molecule has 0 rings (SSSR count). The number of carbonyl (C=O) groups excluding carboxylic acids is 1. The van der Waals surface area contributed by atoms with Gasteiger partial charge in [-0.1, -0.05) is 20.8 Å². The van der Waals surface area contributed by atoms with Crippen molar-refractivity contribution in [2.75, 3.05) is 13.2 Å². The Morgan fingerprint density at radius 3 is 2.33 bits per heavy atom. The molecule has 3 nitrogen and oxygen atoms in total. The molecule has 5 heteroatoms. The van der Waals surface area contributed by atoms with E-state index in [-0.39, 0.29) is 11.6 Å². The zero-order valence-electron chi connectivity index (χ0n) is 12.3. The predicted molar refractivity (Wildman–Crippen MR) is 73.6 cm³/mol. The first-order valence-electron chi connectivity index (χ1n) is 6.28. The van der Waals surface area contributed by atoms with Crippen LogP contribution in [0.2, 0.25) is 18.1 Å². The Hall–Kier alpha value is -0.683. The third-order valence-corrected chi connectivity index (χ3v) is 7.72. The Bertz CT molecular complexity index is 306. The lowest BCUT2D eigenvalue weighted by Crippen LogP contribution is -2.40. The standard InChI is InChI=1S/C13H25FO3Si/c1-7-16-12(15)11(14)9-8-10-17-18(5,6)13(2,3)4/h9H,7-8,10H2,1-6H3/b11-9+. The highest BCUT2D eigenvalue weighted by Crippen LogP contribution is 2.36. The van der Waals surface area contributed by atoms with E-state index >= 15 is 0 Å². The zero-order valence-corrected chi connectivity index (χ0v) is 13.3. The third kappa shape index (κ3) is 5.77. The lowest BCUT2D eigenvalue weighted by molar-refractivity contribution is -0.140. The summed E-state index contributed by atoms with van der Waals surface area (Å²) in [4.78, 5) is 11.0. The SMILES string of the molecule is CCOC(=O)/C(F)=C\CCO[Si](C)(C)C(C)(C)C. The Labute approximate surface area is 110 Å². The highest BCUT2D eigenvalue weighted by molar-refractivity contribution is 6.74. The number of rotatable bonds is 6. The molecule has 0 unspecified atom stereocenters. The van der Waals surface area contributed by atoms with Gasteiger partial charge in [0.15, 0.2) is 8.32 Å². The minimum absolute atomic E-state index is 0.135. The van der Waals surface area contributed by atoms with Crippen LogP contribution in [-0.2, 0) is 14.0 Å². The van der Waals surface area contributed by atoms with Gasteiger partial charge in [0.05, 0.1) is 6.61 Å². The molecule has 0 radical (unpaired) electrons. The van der Waals surface area contributed by atoms with E-state index in [2.05, 4.69) is 38.6 Å². The summed E-state index contributed by atoms with van der Waals surface area (Å²) in [5.41, 5.74) is 0. The van der Waals surface area contributed by atoms with Crippen LogP contribution in [0.5, 0.6) is 0 Å². The number of halogens is 1. The maximum Gasteiger partial charge on any atom is 0.366 e. The molecule has 0 saturated heterocycles. The molecule has 0 amide bonds. The molecule has 0 aliphatic rings. The topological polar surface area (TPSA) is 35.5 Å². The van der Waals surface area contributed by atoms with Crippen LogP contribution >= 0.6 is 0 Å². The van der Waals surface area contributed by atoms with Gasteiger partial charge < -0.3 is 9.16 Å². The number of hydrogen-bond donors (Lipinski definition) is 0. The molecule has 0 aromatic heterocycles. The molecule has 18 heavy (non-hydrogen) atoms. The number of hydrogen-bond acceptors (Lipinski definition) is 3. The fourth-order valence-electron chi connectivity index (χ4n) is 1.000. The summed E-state index contributed by atoms with van der Waals surface area (Å²) in [7, 11) is -1.79. The highest BCUT2D eigenvalue weighted by atomic mass is 28.4. The van der Waals surface area contributed by atoms with E-state index < -0.39 is 20.1 Å². The van der Waals surface area contributed by atoms with Crippen molar-refractivity contribution in [1.29, 1.82) is 0 Å². The Balaban J connectivity index is 4.14. The van der Waals surface area contributed by atoms with Gasteiger partial charge in [-0.3, -0.25) is 0 Å². The molecule has 0 aliphatic heterocycles. The van der Waals surface area contributed by atoms with Crippen molar-refractivity contribution in [3.63, 3.8) is 0 Å². The molecule has 0 spiro atoms. The van der Waals surface area contributed by atoms with Gasteiger partial charge in [-0.15, -0.1) is 0 Å². The second-order valence-corrected chi connectivity index (χ2v) is 10.5. The van der Waals surface area contributed by atoms with Crippen molar-refractivity contribution in [3.05, 3.63) is 11.9 Å². The van der Waals surface area contributed by atoms with Crippen LogP contribution in [0.4, 0.5) is 4.39 Å². The van der Waals surface area contributed by atoms with E-state index in [1.165, 1.54) is 6.08 Å². The van der Waals surface area contributed by atoms with Crippen molar-refractivity contribution < 1.29 is 18.3 Å². The average molecular weight is 276 g/mol. The Kier molecular flexibility index (Phi) is 6.77. The summed E-state index contributed by atoms with van der Waals surface area (Å²) >= 11 is 0. The normalized spacial score (nSPS) is 13.6. The van der Waals surface area contributed by atoms with Gasteiger partial charge in [0.2, 0.25) is 5.83 Å². The predicted octanol–water partition coefficient (Wildman–Crippen LogP) is 3.81. The molecule has 0 atom stereocenters. The number of ether oxygens (including phenoxy) is 1. The Morgan fingerprint density at radius 1 is 1.33 bits per heavy atom.